The van der Waals surface area contributed by atoms with Crippen LogP contribution in [0.4, 0.5) is 5.69 Å². The fraction of sp³-hybridized carbons (Fsp3) is 0.0588. The third-order valence-electron chi connectivity index (χ3n) is 3.56. The molecule has 1 aromatic heterocycles. The van der Waals surface area contributed by atoms with Crippen LogP contribution in [0, 0.1) is 10.1 Å². The number of nitrogens with zero attached hydrogens (tertiary/aromatic N) is 3. The maximum absolute atomic E-state index is 12.1. The van der Waals surface area contributed by atoms with Gasteiger partial charge in [0.15, 0.2) is 0 Å². The zero-order valence-corrected chi connectivity index (χ0v) is 12.3. The molecular formula is C17H13N3O3. The summed E-state index contributed by atoms with van der Waals surface area (Å²) in [6.07, 6.45) is 0. The zero-order chi connectivity index (χ0) is 16.4. The van der Waals surface area contributed by atoms with Gasteiger partial charge in [-0.05, 0) is 6.07 Å². The number of hydrogen-bond acceptors (Lipinski definition) is 4. The number of nitro benzene ring substituents is 1. The molecule has 2 aromatic carbocycles. The first-order valence-corrected chi connectivity index (χ1v) is 6.94. The first-order chi connectivity index (χ1) is 11.1. The van der Waals surface area contributed by atoms with Crippen LogP contribution in [0.5, 0.6) is 0 Å². The molecule has 0 radical (unpaired) electrons. The minimum Gasteiger partial charge on any atom is -0.295 e. The monoisotopic (exact) mass is 307 g/mol. The Balaban J connectivity index is 2.20. The Morgan fingerprint density at radius 3 is 2.39 bits per heavy atom. The van der Waals surface area contributed by atoms with Crippen molar-refractivity contribution in [1.82, 2.24) is 9.55 Å². The third kappa shape index (κ3) is 2.87. The molecule has 1 heterocycles. The van der Waals surface area contributed by atoms with E-state index in [0.717, 1.165) is 5.56 Å². The normalized spacial score (nSPS) is 10.5. The predicted molar refractivity (Wildman–Crippen MR) is 87.0 cm³/mol. The molecule has 0 unspecified atom stereocenters. The van der Waals surface area contributed by atoms with Gasteiger partial charge in [0.05, 0.1) is 16.3 Å². The average Bonchev–Trinajstić information content (AvgIpc) is 2.58. The summed E-state index contributed by atoms with van der Waals surface area (Å²) in [5.41, 5.74) is 2.10. The molecule has 3 aromatic rings. The Morgan fingerprint density at radius 2 is 1.70 bits per heavy atom. The number of nitro groups is 1. The zero-order valence-electron chi connectivity index (χ0n) is 12.3. The molecule has 0 aliphatic rings. The summed E-state index contributed by atoms with van der Waals surface area (Å²) in [7, 11) is 1.60. The van der Waals surface area contributed by atoms with Crippen LogP contribution in [0.3, 0.4) is 0 Å². The van der Waals surface area contributed by atoms with Crippen LogP contribution in [0.1, 0.15) is 0 Å². The number of rotatable bonds is 3. The number of benzene rings is 2. The molecule has 3 rings (SSSR count). The molecule has 114 valence electrons. The molecule has 0 amide bonds. The molecular weight excluding hydrogens is 294 g/mol. The number of hydrogen-bond donors (Lipinski definition) is 0. The average molecular weight is 307 g/mol. The van der Waals surface area contributed by atoms with E-state index in [1.807, 2.05) is 30.3 Å². The lowest BCUT2D eigenvalue weighted by molar-refractivity contribution is -0.384. The van der Waals surface area contributed by atoms with E-state index in [4.69, 9.17) is 0 Å². The minimum atomic E-state index is -0.457. The van der Waals surface area contributed by atoms with Gasteiger partial charge in [0.2, 0.25) is 0 Å². The summed E-state index contributed by atoms with van der Waals surface area (Å²) >= 11 is 0. The molecule has 0 saturated carbocycles. The van der Waals surface area contributed by atoms with Gasteiger partial charge in [0.1, 0.15) is 0 Å². The fourth-order valence-corrected chi connectivity index (χ4v) is 2.35. The molecule has 0 bridgehead atoms. The predicted octanol–water partition coefficient (Wildman–Crippen LogP) is 3.02. The van der Waals surface area contributed by atoms with Crippen molar-refractivity contribution < 1.29 is 4.92 Å². The van der Waals surface area contributed by atoms with Crippen LogP contribution in [0.15, 0.2) is 65.5 Å². The lowest BCUT2D eigenvalue weighted by Crippen LogP contribution is -2.22. The van der Waals surface area contributed by atoms with Crippen LogP contribution in [0.25, 0.3) is 22.5 Å². The van der Waals surface area contributed by atoms with Crippen molar-refractivity contribution in [2.45, 2.75) is 0 Å². The number of non-ortho nitro benzene ring substituents is 1. The lowest BCUT2D eigenvalue weighted by Gasteiger charge is -2.10. The van der Waals surface area contributed by atoms with Gasteiger partial charge in [-0.15, -0.1) is 0 Å². The van der Waals surface area contributed by atoms with Crippen LogP contribution < -0.4 is 5.69 Å². The topological polar surface area (TPSA) is 78.0 Å². The van der Waals surface area contributed by atoms with Crippen molar-refractivity contribution in [1.29, 1.82) is 0 Å². The summed E-state index contributed by atoms with van der Waals surface area (Å²) in [5, 5.41) is 10.9. The maximum atomic E-state index is 12.1. The van der Waals surface area contributed by atoms with Gasteiger partial charge in [-0.25, -0.2) is 4.79 Å². The third-order valence-corrected chi connectivity index (χ3v) is 3.56. The Morgan fingerprint density at radius 1 is 1.00 bits per heavy atom. The summed E-state index contributed by atoms with van der Waals surface area (Å²) in [6, 6.07) is 17.3. The van der Waals surface area contributed by atoms with E-state index in [9.17, 15) is 14.9 Å². The largest absolute Gasteiger partial charge is 0.348 e. The Kier molecular flexibility index (Phi) is 3.72. The fourth-order valence-electron chi connectivity index (χ4n) is 2.35. The van der Waals surface area contributed by atoms with E-state index in [2.05, 4.69) is 4.98 Å². The van der Waals surface area contributed by atoms with Crippen LogP contribution >= 0.6 is 0 Å². The highest BCUT2D eigenvalue weighted by molar-refractivity contribution is 5.69. The summed E-state index contributed by atoms with van der Waals surface area (Å²) in [6.45, 7) is 0. The van der Waals surface area contributed by atoms with E-state index < -0.39 is 10.6 Å². The molecule has 0 fully saturated rings. The molecule has 0 N–H and O–H groups in total. The molecule has 6 heteroatoms. The van der Waals surface area contributed by atoms with Gasteiger partial charge in [-0.2, -0.15) is 4.98 Å². The molecule has 0 aliphatic carbocycles. The second-order valence-corrected chi connectivity index (χ2v) is 5.04. The first kappa shape index (κ1) is 14.6. The van der Waals surface area contributed by atoms with Gasteiger partial charge < -0.3 is 0 Å². The second-order valence-electron chi connectivity index (χ2n) is 5.04. The molecule has 0 saturated heterocycles. The van der Waals surface area contributed by atoms with Crippen molar-refractivity contribution in [2.24, 2.45) is 7.05 Å². The minimum absolute atomic E-state index is 0.0203. The van der Waals surface area contributed by atoms with Gasteiger partial charge in [-0.3, -0.25) is 14.7 Å². The Labute approximate surface area is 131 Å². The highest BCUT2D eigenvalue weighted by atomic mass is 16.6. The maximum Gasteiger partial charge on any atom is 0.348 e. The molecule has 0 aliphatic heterocycles. The summed E-state index contributed by atoms with van der Waals surface area (Å²) < 4.78 is 1.38. The van der Waals surface area contributed by atoms with E-state index >= 15 is 0 Å². The second kappa shape index (κ2) is 5.84. The van der Waals surface area contributed by atoms with Gasteiger partial charge in [0, 0.05) is 30.3 Å². The van der Waals surface area contributed by atoms with Crippen molar-refractivity contribution >= 4 is 5.69 Å². The van der Waals surface area contributed by atoms with Crippen molar-refractivity contribution in [3.05, 3.63) is 81.3 Å². The highest BCUT2D eigenvalue weighted by Crippen LogP contribution is 2.25. The quantitative estimate of drug-likeness (QED) is 0.550. The van der Waals surface area contributed by atoms with E-state index in [1.165, 1.54) is 16.7 Å². The molecule has 0 spiro atoms. The van der Waals surface area contributed by atoms with E-state index in [0.29, 0.717) is 17.0 Å². The number of aromatic nitrogens is 2. The van der Waals surface area contributed by atoms with Crippen molar-refractivity contribution in [3.8, 4) is 22.5 Å². The molecule has 23 heavy (non-hydrogen) atoms. The van der Waals surface area contributed by atoms with Crippen LogP contribution in [-0.4, -0.2) is 14.5 Å². The summed E-state index contributed by atoms with van der Waals surface area (Å²) in [5.74, 6) is 0. The lowest BCUT2D eigenvalue weighted by atomic mass is 10.1. The van der Waals surface area contributed by atoms with E-state index in [-0.39, 0.29) is 5.69 Å². The summed E-state index contributed by atoms with van der Waals surface area (Å²) in [4.78, 5) is 26.7. The van der Waals surface area contributed by atoms with Gasteiger partial charge in [0.25, 0.3) is 5.69 Å². The van der Waals surface area contributed by atoms with Crippen LogP contribution in [-0.2, 0) is 7.05 Å². The van der Waals surface area contributed by atoms with Crippen LogP contribution in [0.2, 0.25) is 0 Å². The highest BCUT2D eigenvalue weighted by Gasteiger charge is 2.12. The Bertz CT molecular complexity index is 933. The van der Waals surface area contributed by atoms with Gasteiger partial charge >= 0.3 is 5.69 Å². The molecule has 0 atom stereocenters. The first-order valence-electron chi connectivity index (χ1n) is 6.94. The van der Waals surface area contributed by atoms with E-state index in [1.54, 1.807) is 25.2 Å². The van der Waals surface area contributed by atoms with Crippen molar-refractivity contribution in [2.75, 3.05) is 0 Å². The smallest absolute Gasteiger partial charge is 0.295 e. The van der Waals surface area contributed by atoms with Gasteiger partial charge in [-0.1, -0.05) is 42.5 Å². The Hall–Kier alpha value is -3.28. The molecule has 6 nitrogen and oxygen atoms in total. The SMILES string of the molecule is Cn1c(-c2cccc([N+](=O)[O-])c2)cc(-c2ccccc2)nc1=O. The standard InChI is InChI=1S/C17H13N3O3/c1-19-16(13-8-5-9-14(10-13)20(22)23)11-15(18-17(19)21)12-6-3-2-4-7-12/h2-11H,1H3. The van der Waals surface area contributed by atoms with Crippen molar-refractivity contribution in [3.63, 3.8) is 0 Å².